The van der Waals surface area contributed by atoms with E-state index in [0.717, 1.165) is 19.0 Å². The van der Waals surface area contributed by atoms with Crippen molar-refractivity contribution in [2.45, 2.75) is 17.7 Å². The normalized spacial score (nSPS) is 14.7. The van der Waals surface area contributed by atoms with Crippen LogP contribution >= 0.6 is 0 Å². The van der Waals surface area contributed by atoms with Crippen LogP contribution in [0, 0.1) is 10.1 Å². The van der Waals surface area contributed by atoms with E-state index in [-0.39, 0.29) is 22.0 Å². The van der Waals surface area contributed by atoms with E-state index in [1.54, 1.807) is 0 Å². The molecule has 1 saturated heterocycles. The summed E-state index contributed by atoms with van der Waals surface area (Å²) in [5, 5.41) is 10.6. The van der Waals surface area contributed by atoms with E-state index in [9.17, 15) is 23.3 Å². The minimum Gasteiger partial charge on any atom is -0.282 e. The Labute approximate surface area is 155 Å². The van der Waals surface area contributed by atoms with Crippen molar-refractivity contribution >= 4 is 27.4 Å². The lowest BCUT2D eigenvalue weighted by molar-refractivity contribution is -0.385. The largest absolute Gasteiger partial charge is 0.287 e. The first-order valence-corrected chi connectivity index (χ1v) is 9.59. The Morgan fingerprint density at radius 2 is 1.78 bits per heavy atom. The fraction of sp³-hybridized carbons (Fsp3) is 0.250. The molecule has 0 spiro atoms. The second-order valence-corrected chi connectivity index (χ2v) is 7.81. The Morgan fingerprint density at radius 1 is 1.11 bits per heavy atom. The van der Waals surface area contributed by atoms with Crippen LogP contribution in [0.1, 0.15) is 23.2 Å². The van der Waals surface area contributed by atoms with Gasteiger partial charge in [-0.15, -0.1) is 0 Å². The van der Waals surface area contributed by atoms with Crippen LogP contribution in [0.3, 0.4) is 0 Å². The zero-order valence-electron chi connectivity index (χ0n) is 14.2. The topological polar surface area (TPSA) is 135 Å². The van der Waals surface area contributed by atoms with Gasteiger partial charge in [-0.3, -0.25) is 25.8 Å². The van der Waals surface area contributed by atoms with Gasteiger partial charge in [-0.25, -0.2) is 13.4 Å². The van der Waals surface area contributed by atoms with Crippen molar-refractivity contribution in [2.24, 2.45) is 0 Å². The molecular formula is C16H17N5O5S. The minimum absolute atomic E-state index is 0.144. The summed E-state index contributed by atoms with van der Waals surface area (Å²) in [4.78, 5) is 26.1. The predicted molar refractivity (Wildman–Crippen MR) is 96.4 cm³/mol. The van der Waals surface area contributed by atoms with Gasteiger partial charge in [0.05, 0.1) is 9.82 Å². The van der Waals surface area contributed by atoms with Crippen LogP contribution in [0.15, 0.2) is 47.5 Å². The average molecular weight is 391 g/mol. The molecule has 11 heteroatoms. The van der Waals surface area contributed by atoms with E-state index in [0.29, 0.717) is 13.1 Å². The smallest absolute Gasteiger partial charge is 0.282 e. The zero-order chi connectivity index (χ0) is 19.4. The van der Waals surface area contributed by atoms with Crippen LogP contribution < -0.4 is 10.9 Å². The van der Waals surface area contributed by atoms with Crippen LogP contribution in [-0.4, -0.2) is 41.6 Å². The van der Waals surface area contributed by atoms with E-state index in [1.807, 2.05) is 0 Å². The lowest BCUT2D eigenvalue weighted by Gasteiger charge is -2.15. The van der Waals surface area contributed by atoms with Crippen LogP contribution in [-0.2, 0) is 10.0 Å². The molecular weight excluding hydrogens is 374 g/mol. The number of carbonyl (C=O) groups excluding carboxylic acids is 1. The third-order valence-electron chi connectivity index (χ3n) is 4.08. The molecule has 1 aliphatic heterocycles. The summed E-state index contributed by atoms with van der Waals surface area (Å²) in [6, 6.07) is 8.23. The van der Waals surface area contributed by atoms with Gasteiger partial charge in [0.2, 0.25) is 10.0 Å². The quantitative estimate of drug-likeness (QED) is 0.563. The highest BCUT2D eigenvalue weighted by atomic mass is 32.2. The van der Waals surface area contributed by atoms with Crippen LogP contribution in [0.25, 0.3) is 0 Å². The average Bonchev–Trinajstić information content (AvgIpc) is 3.22. The van der Waals surface area contributed by atoms with E-state index < -0.39 is 20.9 Å². The summed E-state index contributed by atoms with van der Waals surface area (Å²) >= 11 is 0. The number of aromatic nitrogens is 1. The molecule has 0 aliphatic carbocycles. The molecule has 10 nitrogen and oxygen atoms in total. The minimum atomic E-state index is -3.53. The molecule has 0 saturated carbocycles. The number of nitrogens with zero attached hydrogens (tertiary/aromatic N) is 3. The number of rotatable bonds is 6. The summed E-state index contributed by atoms with van der Waals surface area (Å²) < 4.78 is 26.4. The molecule has 1 aromatic heterocycles. The maximum Gasteiger partial charge on any atom is 0.287 e. The Balaban J connectivity index is 1.62. The number of hydrogen-bond acceptors (Lipinski definition) is 7. The first-order chi connectivity index (χ1) is 12.9. The molecule has 1 amide bonds. The number of benzene rings is 1. The number of sulfonamides is 1. The van der Waals surface area contributed by atoms with Crippen molar-refractivity contribution in [1.82, 2.24) is 14.7 Å². The molecule has 0 bridgehead atoms. The SMILES string of the molecule is O=C(NNc1ccc([N+](=O)[O-])cn1)c1ccc(S(=O)(=O)N2CCCC2)cc1. The molecule has 3 rings (SSSR count). The summed E-state index contributed by atoms with van der Waals surface area (Å²) in [5.41, 5.74) is 5.02. The number of nitrogens with one attached hydrogen (secondary N) is 2. The number of amides is 1. The standard InChI is InChI=1S/C16H17N5O5S/c22-16(19-18-15-8-5-13(11-17-15)21(23)24)12-3-6-14(7-4-12)27(25,26)20-9-1-2-10-20/h3-8,11H,1-2,9-10H2,(H,17,18)(H,19,22). The summed E-state index contributed by atoms with van der Waals surface area (Å²) in [6.07, 6.45) is 2.76. The number of hydrazine groups is 1. The van der Waals surface area contributed by atoms with E-state index in [2.05, 4.69) is 15.8 Å². The van der Waals surface area contributed by atoms with Gasteiger partial charge in [0.1, 0.15) is 12.0 Å². The lowest BCUT2D eigenvalue weighted by Crippen LogP contribution is -2.30. The molecule has 142 valence electrons. The highest BCUT2D eigenvalue weighted by Gasteiger charge is 2.27. The van der Waals surface area contributed by atoms with Crippen molar-refractivity contribution in [1.29, 1.82) is 0 Å². The highest BCUT2D eigenvalue weighted by Crippen LogP contribution is 2.21. The van der Waals surface area contributed by atoms with Crippen molar-refractivity contribution in [3.05, 3.63) is 58.3 Å². The van der Waals surface area contributed by atoms with Gasteiger partial charge in [-0.1, -0.05) is 0 Å². The second-order valence-electron chi connectivity index (χ2n) is 5.87. The van der Waals surface area contributed by atoms with Gasteiger partial charge >= 0.3 is 0 Å². The third-order valence-corrected chi connectivity index (χ3v) is 5.99. The number of anilines is 1. The summed E-state index contributed by atoms with van der Waals surface area (Å²) in [5.74, 6) is -0.276. The molecule has 0 unspecified atom stereocenters. The zero-order valence-corrected chi connectivity index (χ0v) is 15.0. The predicted octanol–water partition coefficient (Wildman–Crippen LogP) is 1.53. The van der Waals surface area contributed by atoms with E-state index >= 15 is 0 Å². The van der Waals surface area contributed by atoms with Crippen molar-refractivity contribution in [3.8, 4) is 0 Å². The molecule has 2 heterocycles. The molecule has 0 radical (unpaired) electrons. The first-order valence-electron chi connectivity index (χ1n) is 8.15. The Hall–Kier alpha value is -3.05. The first kappa shape index (κ1) is 18.7. The van der Waals surface area contributed by atoms with Crippen LogP contribution in [0.4, 0.5) is 11.5 Å². The Bertz CT molecular complexity index is 938. The van der Waals surface area contributed by atoms with Gasteiger partial charge in [0.25, 0.3) is 11.6 Å². The fourth-order valence-corrected chi connectivity index (χ4v) is 4.13. The Morgan fingerprint density at radius 3 is 2.33 bits per heavy atom. The van der Waals surface area contributed by atoms with Crippen LogP contribution in [0.2, 0.25) is 0 Å². The lowest BCUT2D eigenvalue weighted by atomic mass is 10.2. The number of pyridine rings is 1. The maximum absolute atomic E-state index is 12.5. The van der Waals surface area contributed by atoms with E-state index in [4.69, 9.17) is 0 Å². The number of carbonyl (C=O) groups is 1. The van der Waals surface area contributed by atoms with Gasteiger partial charge in [0, 0.05) is 24.7 Å². The monoisotopic (exact) mass is 391 g/mol. The van der Waals surface area contributed by atoms with Gasteiger partial charge in [-0.2, -0.15) is 4.31 Å². The van der Waals surface area contributed by atoms with Crippen LogP contribution in [0.5, 0.6) is 0 Å². The van der Waals surface area contributed by atoms with E-state index in [1.165, 1.54) is 40.7 Å². The fourth-order valence-electron chi connectivity index (χ4n) is 2.62. The van der Waals surface area contributed by atoms with Gasteiger partial charge in [-0.05, 0) is 43.2 Å². The highest BCUT2D eigenvalue weighted by molar-refractivity contribution is 7.89. The maximum atomic E-state index is 12.5. The van der Waals surface area contributed by atoms with Crippen molar-refractivity contribution in [2.75, 3.05) is 18.5 Å². The molecule has 1 fully saturated rings. The van der Waals surface area contributed by atoms with Gasteiger partial charge < -0.3 is 0 Å². The van der Waals surface area contributed by atoms with Crippen molar-refractivity contribution < 1.29 is 18.1 Å². The third kappa shape index (κ3) is 4.20. The van der Waals surface area contributed by atoms with Gasteiger partial charge in [0.15, 0.2) is 0 Å². The molecule has 1 aliphatic rings. The molecule has 1 aromatic carbocycles. The number of nitro groups is 1. The Kier molecular flexibility index (Phi) is 5.33. The molecule has 2 aromatic rings. The summed E-state index contributed by atoms with van der Waals surface area (Å²) in [7, 11) is -3.53. The molecule has 2 N–H and O–H groups in total. The molecule has 0 atom stereocenters. The summed E-state index contributed by atoms with van der Waals surface area (Å²) in [6.45, 7) is 1.02. The second kappa shape index (κ2) is 7.68. The van der Waals surface area contributed by atoms with Crippen molar-refractivity contribution in [3.63, 3.8) is 0 Å². The number of hydrogen-bond donors (Lipinski definition) is 2. The molecule has 27 heavy (non-hydrogen) atoms.